The van der Waals surface area contributed by atoms with Crippen LogP contribution >= 0.6 is 0 Å². The first-order valence-electron chi connectivity index (χ1n) is 26.3. The number of nitrogens with zero attached hydrogens (tertiary/aromatic N) is 3. The monoisotopic (exact) mass is 955 g/mol. The van der Waals surface area contributed by atoms with E-state index in [2.05, 4.69) is 257 Å². The average molecular weight is 956 g/mol. The fourth-order valence-corrected chi connectivity index (χ4v) is 13.5. The fraction of sp³-hybridized carbons (Fsp3) is 0.0833. The predicted molar refractivity (Wildman–Crippen MR) is 315 cm³/mol. The van der Waals surface area contributed by atoms with E-state index in [1.54, 1.807) is 0 Å². The van der Waals surface area contributed by atoms with Crippen molar-refractivity contribution in [3.05, 3.63) is 247 Å². The van der Waals surface area contributed by atoms with Gasteiger partial charge in [-0.15, -0.1) is 0 Å². The first-order chi connectivity index (χ1) is 36.7. The Bertz CT molecular complexity index is 4820. The quantitative estimate of drug-likeness (QED) is 0.176. The van der Waals surface area contributed by atoms with Crippen molar-refractivity contribution in [2.75, 3.05) is 0 Å². The number of fused-ring (bicyclic) bond motifs is 16. The van der Waals surface area contributed by atoms with Crippen molar-refractivity contribution < 1.29 is 0 Å². The van der Waals surface area contributed by atoms with Crippen molar-refractivity contribution in [2.45, 2.75) is 38.5 Å². The number of hydrogen-bond acceptors (Lipinski definition) is 2. The van der Waals surface area contributed by atoms with E-state index in [0.29, 0.717) is 0 Å². The average Bonchev–Trinajstić information content (AvgIpc) is 3.99. The zero-order valence-corrected chi connectivity index (χ0v) is 42.2. The Morgan fingerprint density at radius 2 is 0.853 bits per heavy atom. The molecule has 3 nitrogen and oxygen atoms in total. The van der Waals surface area contributed by atoms with Crippen LogP contribution in [0.4, 0.5) is 0 Å². The van der Waals surface area contributed by atoms with Crippen molar-refractivity contribution in [2.24, 2.45) is 0 Å². The molecule has 0 atom stereocenters. The third kappa shape index (κ3) is 5.98. The van der Waals surface area contributed by atoms with Crippen LogP contribution in [0.5, 0.6) is 0 Å². The van der Waals surface area contributed by atoms with Gasteiger partial charge in [-0.1, -0.05) is 185 Å². The van der Waals surface area contributed by atoms with Gasteiger partial charge < -0.3 is 4.57 Å². The molecule has 16 rings (SSSR count). The molecule has 75 heavy (non-hydrogen) atoms. The van der Waals surface area contributed by atoms with Crippen LogP contribution < -0.4 is 0 Å². The first-order valence-corrected chi connectivity index (χ1v) is 26.3. The van der Waals surface area contributed by atoms with Crippen molar-refractivity contribution in [3.8, 4) is 61.7 Å². The highest BCUT2D eigenvalue weighted by Gasteiger charge is 2.38. The van der Waals surface area contributed by atoms with Crippen LogP contribution in [-0.2, 0) is 10.8 Å². The Balaban J connectivity index is 0.951. The summed E-state index contributed by atoms with van der Waals surface area (Å²) in [6.07, 6.45) is 0. The minimum atomic E-state index is -0.224. The van der Waals surface area contributed by atoms with Gasteiger partial charge in [-0.25, -0.2) is 9.97 Å². The Labute approximate surface area is 435 Å². The topological polar surface area (TPSA) is 30.7 Å². The molecule has 3 heteroatoms. The van der Waals surface area contributed by atoms with E-state index in [9.17, 15) is 0 Å². The Morgan fingerprint density at radius 3 is 1.52 bits per heavy atom. The molecule has 0 fully saturated rings. The lowest BCUT2D eigenvalue weighted by molar-refractivity contribution is 0.661. The van der Waals surface area contributed by atoms with Crippen LogP contribution in [0.25, 0.3) is 138 Å². The molecule has 14 aromatic rings. The maximum absolute atomic E-state index is 5.74. The Morgan fingerprint density at radius 1 is 0.320 bits per heavy atom. The molecule has 0 saturated carbocycles. The molecule has 0 radical (unpaired) electrons. The lowest BCUT2D eigenvalue weighted by Crippen LogP contribution is -2.15. The molecule has 0 saturated heterocycles. The largest absolute Gasteiger partial charge is 0.309 e. The summed E-state index contributed by atoms with van der Waals surface area (Å²) in [6, 6.07) is 83.5. The smallest absolute Gasteiger partial charge is 0.160 e. The van der Waals surface area contributed by atoms with Crippen molar-refractivity contribution >= 4 is 75.8 Å². The summed E-state index contributed by atoms with van der Waals surface area (Å²) in [5, 5.41) is 13.5. The minimum absolute atomic E-state index is 0.204. The highest BCUT2D eigenvalue weighted by Crippen LogP contribution is 2.53. The molecule has 0 unspecified atom stereocenters. The maximum Gasteiger partial charge on any atom is 0.160 e. The van der Waals surface area contributed by atoms with Gasteiger partial charge in [0.2, 0.25) is 0 Å². The third-order valence-electron chi connectivity index (χ3n) is 17.3. The summed E-state index contributed by atoms with van der Waals surface area (Å²) in [6.45, 7) is 9.48. The standard InChI is InChI=1S/C72H49N3/c1-71(2)60-38-48(26-30-53(60)57-34-44-19-8-10-21-46(44)36-62(57)71)69-59-40-50(29-32-64(59)73-70(74-69)49-27-31-54-58-35-45-20-9-11-22-47(45)37-63(58)72(3,4)61(54)39-49)75-65-33-28-43-18-12-13-23-51(43)67(65)68-55-25-15-14-24-52(55)56(41-66(68)75)42-16-6-5-7-17-42/h5-41H,1-4H3. The third-order valence-corrected chi connectivity index (χ3v) is 17.3. The molecule has 0 amide bonds. The molecule has 0 bridgehead atoms. The summed E-state index contributed by atoms with van der Waals surface area (Å²) < 4.78 is 2.49. The predicted octanol–water partition coefficient (Wildman–Crippen LogP) is 19.0. The van der Waals surface area contributed by atoms with Gasteiger partial charge in [0.25, 0.3) is 0 Å². The molecule has 12 aromatic carbocycles. The highest BCUT2D eigenvalue weighted by molar-refractivity contribution is 6.30. The van der Waals surface area contributed by atoms with Crippen LogP contribution in [0.15, 0.2) is 224 Å². The van der Waals surface area contributed by atoms with Gasteiger partial charge in [0, 0.05) is 43.8 Å². The van der Waals surface area contributed by atoms with Crippen LogP contribution in [-0.4, -0.2) is 14.5 Å². The lowest BCUT2D eigenvalue weighted by atomic mass is 9.81. The molecule has 2 aromatic heterocycles. The second-order valence-electron chi connectivity index (χ2n) is 22.1. The van der Waals surface area contributed by atoms with Crippen molar-refractivity contribution in [1.82, 2.24) is 14.5 Å². The van der Waals surface area contributed by atoms with Crippen LogP contribution in [0.2, 0.25) is 0 Å². The number of aromatic nitrogens is 3. The SMILES string of the molecule is CC1(C)c2cc(-c3nc(-c4ccc5c(c4)C(C)(C)c4cc6ccccc6cc4-5)c4cc(-n5c6ccc7ccccc7c6c6c7ccccc7c(-c7ccccc7)cc65)ccc4n3)ccc2-c2cc3ccccc3cc21. The van der Waals surface area contributed by atoms with E-state index in [0.717, 1.165) is 50.3 Å². The summed E-state index contributed by atoms with van der Waals surface area (Å²) in [5.41, 5.74) is 19.8. The zero-order chi connectivity index (χ0) is 49.9. The van der Waals surface area contributed by atoms with Gasteiger partial charge in [-0.05, 0) is 165 Å². The molecule has 2 aliphatic rings. The Hall–Kier alpha value is -9.18. The number of rotatable bonds is 4. The van der Waals surface area contributed by atoms with E-state index in [1.165, 1.54) is 109 Å². The highest BCUT2D eigenvalue weighted by atomic mass is 15.0. The van der Waals surface area contributed by atoms with E-state index in [1.807, 2.05) is 0 Å². The van der Waals surface area contributed by atoms with Gasteiger partial charge in [-0.3, -0.25) is 0 Å². The minimum Gasteiger partial charge on any atom is -0.309 e. The molecule has 0 aliphatic heterocycles. The second-order valence-corrected chi connectivity index (χ2v) is 22.1. The van der Waals surface area contributed by atoms with Gasteiger partial charge in [0.1, 0.15) is 0 Å². The maximum atomic E-state index is 5.74. The molecular weight excluding hydrogens is 907 g/mol. The summed E-state index contributed by atoms with van der Waals surface area (Å²) in [5.74, 6) is 0.724. The summed E-state index contributed by atoms with van der Waals surface area (Å²) in [4.78, 5) is 11.3. The zero-order valence-electron chi connectivity index (χ0n) is 42.2. The van der Waals surface area contributed by atoms with Gasteiger partial charge in [0.15, 0.2) is 5.82 Å². The molecule has 352 valence electrons. The van der Waals surface area contributed by atoms with Gasteiger partial charge in [0.05, 0.1) is 22.2 Å². The van der Waals surface area contributed by atoms with Gasteiger partial charge >= 0.3 is 0 Å². The number of benzene rings is 12. The van der Waals surface area contributed by atoms with E-state index in [-0.39, 0.29) is 10.8 Å². The summed E-state index contributed by atoms with van der Waals surface area (Å²) >= 11 is 0. The number of hydrogen-bond donors (Lipinski definition) is 0. The van der Waals surface area contributed by atoms with Crippen molar-refractivity contribution in [1.29, 1.82) is 0 Å². The lowest BCUT2D eigenvalue weighted by Gasteiger charge is -2.23. The van der Waals surface area contributed by atoms with E-state index < -0.39 is 0 Å². The molecule has 2 aliphatic carbocycles. The molecular formula is C72H49N3. The van der Waals surface area contributed by atoms with E-state index >= 15 is 0 Å². The second kappa shape index (κ2) is 15.2. The Kier molecular flexibility index (Phi) is 8.58. The van der Waals surface area contributed by atoms with Crippen molar-refractivity contribution in [3.63, 3.8) is 0 Å². The summed E-state index contributed by atoms with van der Waals surface area (Å²) in [7, 11) is 0. The first kappa shape index (κ1) is 42.3. The molecule has 0 N–H and O–H groups in total. The van der Waals surface area contributed by atoms with Crippen LogP contribution in [0, 0.1) is 0 Å². The van der Waals surface area contributed by atoms with Crippen LogP contribution in [0.3, 0.4) is 0 Å². The van der Waals surface area contributed by atoms with Gasteiger partial charge in [-0.2, -0.15) is 0 Å². The molecule has 2 heterocycles. The normalized spacial score (nSPS) is 14.1. The van der Waals surface area contributed by atoms with Crippen LogP contribution in [0.1, 0.15) is 49.9 Å². The fourth-order valence-electron chi connectivity index (χ4n) is 13.5. The molecule has 0 spiro atoms. The van der Waals surface area contributed by atoms with E-state index in [4.69, 9.17) is 9.97 Å².